The monoisotopic (exact) mass is 366 g/mol. The van der Waals surface area contributed by atoms with Crippen molar-refractivity contribution in [3.05, 3.63) is 24.3 Å². The molecule has 0 aliphatic rings. The molecule has 0 aliphatic heterocycles. The molecule has 138 valence electrons. The molecular weight excluding hydrogens is 340 g/mol. The van der Waals surface area contributed by atoms with Crippen molar-refractivity contribution in [2.24, 2.45) is 0 Å². The highest BCUT2D eigenvalue weighted by atomic mass is 32.2. The number of amides is 2. The van der Waals surface area contributed by atoms with Gasteiger partial charge in [-0.05, 0) is 52.0 Å². The van der Waals surface area contributed by atoms with Crippen molar-refractivity contribution in [1.82, 2.24) is 4.90 Å². The van der Waals surface area contributed by atoms with Crippen molar-refractivity contribution in [3.63, 3.8) is 0 Å². The van der Waals surface area contributed by atoms with Crippen molar-refractivity contribution < 1.29 is 19.1 Å². The van der Waals surface area contributed by atoms with E-state index in [2.05, 4.69) is 5.32 Å². The molecule has 0 spiro atoms. The maximum Gasteiger partial charge on any atom is 0.326 e. The second-order valence-corrected chi connectivity index (χ2v) is 8.16. The quantitative estimate of drug-likeness (QED) is 0.619. The Hall–Kier alpha value is -2.02. The first kappa shape index (κ1) is 21.0. The summed E-state index contributed by atoms with van der Waals surface area (Å²) in [5, 5.41) is 2.34. The van der Waals surface area contributed by atoms with Gasteiger partial charge in [0.1, 0.15) is 12.1 Å². The zero-order valence-electron chi connectivity index (χ0n) is 15.6. The number of carbonyl (C=O) groups is 3. The van der Waals surface area contributed by atoms with Gasteiger partial charge in [-0.15, -0.1) is 11.8 Å². The van der Waals surface area contributed by atoms with E-state index in [1.807, 2.05) is 12.1 Å². The van der Waals surface area contributed by atoms with Crippen molar-refractivity contribution >= 4 is 35.2 Å². The Morgan fingerprint density at radius 2 is 1.76 bits per heavy atom. The Labute approximate surface area is 153 Å². The summed E-state index contributed by atoms with van der Waals surface area (Å²) in [6.07, 6.45) is 0. The summed E-state index contributed by atoms with van der Waals surface area (Å²) in [6, 6.07) is 7.25. The summed E-state index contributed by atoms with van der Waals surface area (Å²) in [6.45, 7) is 8.52. The highest BCUT2D eigenvalue weighted by Crippen LogP contribution is 2.25. The predicted octanol–water partition coefficient (Wildman–Crippen LogP) is 2.93. The third-order valence-corrected chi connectivity index (χ3v) is 4.10. The van der Waals surface area contributed by atoms with Gasteiger partial charge in [0, 0.05) is 24.6 Å². The van der Waals surface area contributed by atoms with E-state index in [4.69, 9.17) is 4.74 Å². The van der Waals surface area contributed by atoms with Crippen LogP contribution in [0.3, 0.4) is 0 Å². The summed E-state index contributed by atoms with van der Waals surface area (Å²) in [5.74, 6) is -0.713. The molecule has 7 heteroatoms. The average molecular weight is 366 g/mol. The predicted molar refractivity (Wildman–Crippen MR) is 99.5 cm³/mol. The fourth-order valence-electron chi connectivity index (χ4n) is 2.03. The van der Waals surface area contributed by atoms with Gasteiger partial charge in [0.15, 0.2) is 0 Å². The van der Waals surface area contributed by atoms with Gasteiger partial charge in [-0.25, -0.2) is 0 Å². The van der Waals surface area contributed by atoms with E-state index in [0.29, 0.717) is 5.69 Å². The van der Waals surface area contributed by atoms with E-state index < -0.39 is 11.6 Å². The Kier molecular flexibility index (Phi) is 7.48. The zero-order chi connectivity index (χ0) is 19.2. The Balaban J connectivity index is 2.58. The number of benzene rings is 1. The smallest absolute Gasteiger partial charge is 0.326 e. The summed E-state index contributed by atoms with van der Waals surface area (Å²) < 4.78 is 5.23. The van der Waals surface area contributed by atoms with Gasteiger partial charge in [-0.3, -0.25) is 14.4 Å². The van der Waals surface area contributed by atoms with Gasteiger partial charge < -0.3 is 15.0 Å². The molecule has 25 heavy (non-hydrogen) atoms. The first-order valence-corrected chi connectivity index (χ1v) is 8.87. The minimum Gasteiger partial charge on any atom is -0.459 e. The number of ether oxygens (including phenoxy) is 1. The summed E-state index contributed by atoms with van der Waals surface area (Å²) in [5.41, 5.74) is 0.134. The van der Waals surface area contributed by atoms with E-state index in [1.165, 1.54) is 23.6 Å². The van der Waals surface area contributed by atoms with Crippen LogP contribution in [0.25, 0.3) is 0 Å². The lowest BCUT2D eigenvalue weighted by Gasteiger charge is -2.24. The molecule has 1 unspecified atom stereocenters. The van der Waals surface area contributed by atoms with Crippen LogP contribution in [-0.2, 0) is 19.1 Å². The first-order chi connectivity index (χ1) is 11.5. The normalized spacial score (nSPS) is 12.2. The van der Waals surface area contributed by atoms with Gasteiger partial charge in [0.05, 0.1) is 5.25 Å². The molecule has 2 amide bonds. The fraction of sp³-hybridized carbons (Fsp3) is 0.500. The molecule has 1 atom stereocenters. The maximum absolute atomic E-state index is 12.4. The van der Waals surface area contributed by atoms with Crippen LogP contribution in [0, 0.1) is 0 Å². The van der Waals surface area contributed by atoms with E-state index in [-0.39, 0.29) is 23.6 Å². The highest BCUT2D eigenvalue weighted by Gasteiger charge is 2.23. The van der Waals surface area contributed by atoms with E-state index >= 15 is 0 Å². The number of carbonyl (C=O) groups excluding carboxylic acids is 3. The van der Waals surface area contributed by atoms with Crippen LogP contribution in [0.2, 0.25) is 0 Å². The minimum absolute atomic E-state index is 0.0809. The second-order valence-electron chi connectivity index (χ2n) is 6.75. The zero-order valence-corrected chi connectivity index (χ0v) is 16.4. The Morgan fingerprint density at radius 1 is 1.20 bits per heavy atom. The summed E-state index contributed by atoms with van der Waals surface area (Å²) in [7, 11) is 1.59. The Morgan fingerprint density at radius 3 is 2.24 bits per heavy atom. The number of esters is 1. The van der Waals surface area contributed by atoms with Crippen LogP contribution in [-0.4, -0.2) is 47.1 Å². The van der Waals surface area contributed by atoms with E-state index in [9.17, 15) is 14.4 Å². The van der Waals surface area contributed by atoms with Gasteiger partial charge in [-0.2, -0.15) is 0 Å². The molecule has 0 radical (unpaired) electrons. The summed E-state index contributed by atoms with van der Waals surface area (Å²) in [4.78, 5) is 37.5. The molecule has 1 rings (SSSR count). The number of hydrogen-bond acceptors (Lipinski definition) is 5. The lowest BCUT2D eigenvalue weighted by atomic mass is 10.2. The number of anilines is 1. The number of nitrogens with zero attached hydrogens (tertiary/aromatic N) is 1. The summed E-state index contributed by atoms with van der Waals surface area (Å²) >= 11 is 1.39. The van der Waals surface area contributed by atoms with Crippen LogP contribution < -0.4 is 5.32 Å². The molecule has 0 heterocycles. The molecule has 1 aromatic carbocycles. The standard InChI is InChI=1S/C18H26N2O4S/c1-12(17(23)20(6)11-16(22)24-18(3,4)5)25-15-9-7-14(8-10-15)19-13(2)21/h7-10,12H,11H2,1-6H3,(H,19,21). The SMILES string of the molecule is CC(=O)Nc1ccc(SC(C)C(=O)N(C)CC(=O)OC(C)(C)C)cc1. The first-order valence-electron chi connectivity index (χ1n) is 7.99. The van der Waals surface area contributed by atoms with Crippen LogP contribution >= 0.6 is 11.8 Å². The number of rotatable bonds is 6. The van der Waals surface area contributed by atoms with Crippen molar-refractivity contribution in [2.75, 3.05) is 18.9 Å². The van der Waals surface area contributed by atoms with Gasteiger partial charge in [0.25, 0.3) is 0 Å². The van der Waals surface area contributed by atoms with Gasteiger partial charge in [0.2, 0.25) is 11.8 Å². The van der Waals surface area contributed by atoms with Crippen LogP contribution in [0.15, 0.2) is 29.2 Å². The van der Waals surface area contributed by atoms with Crippen LogP contribution in [0.1, 0.15) is 34.6 Å². The van der Waals surface area contributed by atoms with Crippen molar-refractivity contribution in [3.8, 4) is 0 Å². The molecule has 1 aromatic rings. The van der Waals surface area contributed by atoms with E-state index in [1.54, 1.807) is 46.9 Å². The highest BCUT2D eigenvalue weighted by molar-refractivity contribution is 8.00. The number of nitrogens with one attached hydrogen (secondary N) is 1. The third kappa shape index (κ3) is 8.07. The third-order valence-electron chi connectivity index (χ3n) is 3.00. The molecular formula is C18H26N2O4S. The molecule has 0 saturated heterocycles. The molecule has 0 fully saturated rings. The largest absolute Gasteiger partial charge is 0.459 e. The molecule has 0 aromatic heterocycles. The van der Waals surface area contributed by atoms with Gasteiger partial charge in [-0.1, -0.05) is 0 Å². The maximum atomic E-state index is 12.4. The van der Waals surface area contributed by atoms with Gasteiger partial charge >= 0.3 is 5.97 Å². The van der Waals surface area contributed by atoms with E-state index in [0.717, 1.165) is 4.90 Å². The molecule has 0 bridgehead atoms. The number of thioether (sulfide) groups is 1. The Bertz CT molecular complexity index is 623. The molecule has 1 N–H and O–H groups in total. The van der Waals surface area contributed by atoms with Crippen molar-refractivity contribution in [1.29, 1.82) is 0 Å². The average Bonchev–Trinajstić information content (AvgIpc) is 2.45. The lowest BCUT2D eigenvalue weighted by molar-refractivity contribution is -0.158. The topological polar surface area (TPSA) is 75.7 Å². The molecule has 0 saturated carbocycles. The fourth-order valence-corrected chi connectivity index (χ4v) is 3.01. The second kappa shape index (κ2) is 8.89. The molecule has 0 aliphatic carbocycles. The van der Waals surface area contributed by atoms with Crippen molar-refractivity contribution in [2.45, 2.75) is 50.4 Å². The van der Waals surface area contributed by atoms with Crippen LogP contribution in [0.4, 0.5) is 5.69 Å². The molecule has 6 nitrogen and oxygen atoms in total. The number of likely N-dealkylation sites (N-methyl/N-ethyl adjacent to an activating group) is 1. The van der Waals surface area contributed by atoms with Crippen LogP contribution in [0.5, 0.6) is 0 Å². The number of hydrogen-bond donors (Lipinski definition) is 1. The minimum atomic E-state index is -0.572. The lowest BCUT2D eigenvalue weighted by Crippen LogP contribution is -2.39.